The first-order valence-electron chi connectivity index (χ1n) is 10.0. The minimum absolute atomic E-state index is 0.0275. The van der Waals surface area contributed by atoms with Crippen LogP contribution in [0.4, 0.5) is 0 Å². The van der Waals surface area contributed by atoms with E-state index in [0.717, 1.165) is 48.8 Å². The van der Waals surface area contributed by atoms with Crippen molar-refractivity contribution < 1.29 is 4.42 Å². The molecule has 0 saturated carbocycles. The van der Waals surface area contributed by atoms with Gasteiger partial charge in [-0.3, -0.25) is 4.79 Å². The standard InChI is InChI=1S/C26H14N2O2S/c29-25-18-11-9-16(14-24(18)31-26-27-20-6-2-3-7-21(20)28(25)26)15-10-12-23-19(13-15)17-5-1-4-8-22(17)30-23/h1-14H. The Morgan fingerprint density at radius 3 is 2.48 bits per heavy atom. The molecule has 0 aliphatic rings. The van der Waals surface area contributed by atoms with Crippen LogP contribution in [0, 0.1) is 0 Å². The molecular weight excluding hydrogens is 404 g/mol. The molecule has 31 heavy (non-hydrogen) atoms. The number of fused-ring (bicyclic) bond motifs is 7. The van der Waals surface area contributed by atoms with Gasteiger partial charge >= 0.3 is 0 Å². The second-order valence-electron chi connectivity index (χ2n) is 7.65. The van der Waals surface area contributed by atoms with Gasteiger partial charge in [-0.2, -0.15) is 0 Å². The summed E-state index contributed by atoms with van der Waals surface area (Å²) >= 11 is 1.54. The van der Waals surface area contributed by atoms with Gasteiger partial charge in [0.2, 0.25) is 0 Å². The van der Waals surface area contributed by atoms with Gasteiger partial charge in [0, 0.05) is 15.5 Å². The number of hydrogen-bond acceptors (Lipinski definition) is 4. The van der Waals surface area contributed by atoms with E-state index in [4.69, 9.17) is 4.42 Å². The molecule has 0 bridgehead atoms. The first kappa shape index (κ1) is 16.8. The number of aromatic nitrogens is 2. The van der Waals surface area contributed by atoms with Crippen LogP contribution in [0.25, 0.3) is 59.1 Å². The zero-order valence-corrected chi connectivity index (χ0v) is 17.0. The van der Waals surface area contributed by atoms with E-state index in [1.807, 2.05) is 60.7 Å². The van der Waals surface area contributed by atoms with Crippen LogP contribution in [0.3, 0.4) is 0 Å². The molecule has 0 spiro atoms. The number of rotatable bonds is 1. The third-order valence-corrected chi connectivity index (χ3v) is 6.87. The summed E-state index contributed by atoms with van der Waals surface area (Å²) < 4.78 is 8.60. The Hall–Kier alpha value is -3.96. The number of nitrogens with zero attached hydrogens (tertiary/aromatic N) is 2. The summed E-state index contributed by atoms with van der Waals surface area (Å²) in [6.07, 6.45) is 0. The SMILES string of the molecule is O=c1c2ccc(-c3ccc4oc5ccccc5c4c3)cc2sc2nc3ccccc3n12. The maximum Gasteiger partial charge on any atom is 0.266 e. The lowest BCUT2D eigenvalue weighted by molar-refractivity contribution is 0.669. The van der Waals surface area contributed by atoms with Gasteiger partial charge in [-0.25, -0.2) is 9.38 Å². The molecule has 3 aromatic heterocycles. The number of imidazole rings is 1. The highest BCUT2D eigenvalue weighted by Crippen LogP contribution is 2.34. The molecule has 0 fully saturated rings. The first-order chi connectivity index (χ1) is 15.3. The van der Waals surface area contributed by atoms with E-state index in [1.165, 1.54) is 0 Å². The summed E-state index contributed by atoms with van der Waals surface area (Å²) in [4.78, 5) is 18.6. The van der Waals surface area contributed by atoms with Gasteiger partial charge in [-0.05, 0) is 53.6 Å². The van der Waals surface area contributed by atoms with Crippen LogP contribution in [0.2, 0.25) is 0 Å². The highest BCUT2D eigenvalue weighted by atomic mass is 32.1. The van der Waals surface area contributed by atoms with Gasteiger partial charge in [0.1, 0.15) is 11.2 Å². The van der Waals surface area contributed by atoms with Crippen LogP contribution in [-0.4, -0.2) is 9.38 Å². The van der Waals surface area contributed by atoms with Gasteiger partial charge < -0.3 is 4.42 Å². The van der Waals surface area contributed by atoms with E-state index in [0.29, 0.717) is 10.3 Å². The Balaban J connectivity index is 1.48. The second kappa shape index (κ2) is 6.03. The van der Waals surface area contributed by atoms with E-state index in [2.05, 4.69) is 29.2 Å². The molecule has 0 N–H and O–H groups in total. The average molecular weight is 418 g/mol. The fourth-order valence-corrected chi connectivity index (χ4v) is 5.42. The van der Waals surface area contributed by atoms with Crippen LogP contribution in [0.15, 0.2) is 94.1 Å². The van der Waals surface area contributed by atoms with Crippen molar-refractivity contribution in [3.05, 3.63) is 95.3 Å². The Labute approximate surface area is 179 Å². The summed E-state index contributed by atoms with van der Waals surface area (Å²) in [5.41, 5.74) is 5.58. The molecule has 3 heterocycles. The predicted octanol–water partition coefficient (Wildman–Crippen LogP) is 6.63. The molecule has 146 valence electrons. The van der Waals surface area contributed by atoms with Crippen molar-refractivity contribution in [2.24, 2.45) is 0 Å². The highest BCUT2D eigenvalue weighted by Gasteiger charge is 2.13. The first-order valence-corrected chi connectivity index (χ1v) is 10.8. The second-order valence-corrected chi connectivity index (χ2v) is 8.65. The van der Waals surface area contributed by atoms with E-state index in [-0.39, 0.29) is 5.56 Å². The molecule has 0 unspecified atom stereocenters. The fraction of sp³-hybridized carbons (Fsp3) is 0. The smallest absolute Gasteiger partial charge is 0.266 e. The van der Waals surface area contributed by atoms with E-state index >= 15 is 0 Å². The summed E-state index contributed by atoms with van der Waals surface area (Å²) in [7, 11) is 0. The Morgan fingerprint density at radius 1 is 0.742 bits per heavy atom. The molecule has 0 aliphatic heterocycles. The normalized spacial score (nSPS) is 12.0. The average Bonchev–Trinajstić information content (AvgIpc) is 3.36. The molecule has 7 aromatic rings. The highest BCUT2D eigenvalue weighted by molar-refractivity contribution is 7.23. The monoisotopic (exact) mass is 418 g/mol. The fourth-order valence-electron chi connectivity index (χ4n) is 4.36. The largest absolute Gasteiger partial charge is 0.456 e. The quantitative estimate of drug-likeness (QED) is 0.301. The lowest BCUT2D eigenvalue weighted by atomic mass is 10.0. The van der Waals surface area contributed by atoms with Crippen molar-refractivity contribution in [2.45, 2.75) is 0 Å². The lowest BCUT2D eigenvalue weighted by Gasteiger charge is -2.05. The molecule has 0 atom stereocenters. The summed E-state index contributed by atoms with van der Waals surface area (Å²) in [5, 5.41) is 2.91. The summed E-state index contributed by atoms with van der Waals surface area (Å²) in [6, 6.07) is 28.1. The predicted molar refractivity (Wildman–Crippen MR) is 127 cm³/mol. The minimum Gasteiger partial charge on any atom is -0.456 e. The van der Waals surface area contributed by atoms with Gasteiger partial charge in [-0.1, -0.05) is 53.8 Å². The number of benzene rings is 4. The number of para-hydroxylation sites is 3. The van der Waals surface area contributed by atoms with Gasteiger partial charge in [-0.15, -0.1) is 0 Å². The van der Waals surface area contributed by atoms with Crippen molar-refractivity contribution in [2.75, 3.05) is 0 Å². The van der Waals surface area contributed by atoms with Gasteiger partial charge in [0.25, 0.3) is 5.56 Å². The maximum atomic E-state index is 13.2. The summed E-state index contributed by atoms with van der Waals surface area (Å²) in [6.45, 7) is 0. The van der Waals surface area contributed by atoms with E-state index < -0.39 is 0 Å². The van der Waals surface area contributed by atoms with Gasteiger partial charge in [0.15, 0.2) is 4.96 Å². The van der Waals surface area contributed by atoms with Crippen molar-refractivity contribution >= 4 is 59.4 Å². The zero-order valence-electron chi connectivity index (χ0n) is 16.2. The molecule has 0 saturated heterocycles. The topological polar surface area (TPSA) is 47.5 Å². The van der Waals surface area contributed by atoms with Crippen LogP contribution < -0.4 is 5.56 Å². The molecule has 0 amide bonds. The zero-order chi connectivity index (χ0) is 20.5. The number of hydrogen-bond donors (Lipinski definition) is 0. The van der Waals surface area contributed by atoms with Crippen molar-refractivity contribution in [3.63, 3.8) is 0 Å². The Bertz CT molecular complexity index is 1870. The van der Waals surface area contributed by atoms with E-state index in [9.17, 15) is 4.79 Å². The lowest BCUT2D eigenvalue weighted by Crippen LogP contribution is -2.11. The third kappa shape index (κ3) is 2.35. The molecule has 7 rings (SSSR count). The van der Waals surface area contributed by atoms with Gasteiger partial charge in [0.05, 0.1) is 16.4 Å². The molecular formula is C26H14N2O2S. The molecule has 4 nitrogen and oxygen atoms in total. The molecule has 0 radical (unpaired) electrons. The molecule has 5 heteroatoms. The van der Waals surface area contributed by atoms with Crippen molar-refractivity contribution in [3.8, 4) is 11.1 Å². The Morgan fingerprint density at radius 2 is 1.52 bits per heavy atom. The Kier molecular flexibility index (Phi) is 3.27. The number of furan rings is 1. The molecule has 4 aromatic carbocycles. The van der Waals surface area contributed by atoms with Crippen LogP contribution >= 0.6 is 11.3 Å². The van der Waals surface area contributed by atoms with Crippen LogP contribution in [0.5, 0.6) is 0 Å². The van der Waals surface area contributed by atoms with Crippen LogP contribution in [-0.2, 0) is 0 Å². The third-order valence-electron chi connectivity index (χ3n) is 5.86. The minimum atomic E-state index is -0.0275. The molecule has 0 aliphatic carbocycles. The van der Waals surface area contributed by atoms with Crippen LogP contribution in [0.1, 0.15) is 0 Å². The van der Waals surface area contributed by atoms with E-state index in [1.54, 1.807) is 15.7 Å². The van der Waals surface area contributed by atoms with Crippen molar-refractivity contribution in [1.29, 1.82) is 0 Å². The van der Waals surface area contributed by atoms with Crippen molar-refractivity contribution in [1.82, 2.24) is 9.38 Å². The maximum absolute atomic E-state index is 13.2. The summed E-state index contributed by atoms with van der Waals surface area (Å²) in [5.74, 6) is 0.